The Morgan fingerprint density at radius 3 is 2.27 bits per heavy atom. The highest BCUT2D eigenvalue weighted by atomic mass is 14.0. The van der Waals surface area contributed by atoms with Crippen LogP contribution in [0.15, 0.2) is 36.9 Å². The van der Waals surface area contributed by atoms with Gasteiger partial charge in [0, 0.05) is 0 Å². The van der Waals surface area contributed by atoms with Crippen LogP contribution in [0.1, 0.15) is 38.0 Å². The SMILES string of the molecule is C.C=C/C=C\c1cc(C)ccc1C.CC. The Kier molecular flexibility index (Phi) is 9.97. The van der Waals surface area contributed by atoms with Gasteiger partial charge in [-0.25, -0.2) is 0 Å². The normalized spacial score (nSPS) is 8.80. The van der Waals surface area contributed by atoms with Crippen LogP contribution in [0, 0.1) is 13.8 Å². The molecule has 1 rings (SSSR count). The van der Waals surface area contributed by atoms with Gasteiger partial charge < -0.3 is 0 Å². The maximum Gasteiger partial charge on any atom is -0.0225 e. The van der Waals surface area contributed by atoms with Gasteiger partial charge in [-0.05, 0) is 25.0 Å². The fourth-order valence-corrected chi connectivity index (χ4v) is 1.11. The molecule has 0 heterocycles. The molecule has 0 radical (unpaired) electrons. The molecule has 0 aliphatic carbocycles. The Hall–Kier alpha value is -1.30. The molecule has 0 aromatic heterocycles. The van der Waals surface area contributed by atoms with Crippen LogP contribution in [0.3, 0.4) is 0 Å². The molecule has 0 atom stereocenters. The lowest BCUT2D eigenvalue weighted by Gasteiger charge is -2.00. The summed E-state index contributed by atoms with van der Waals surface area (Å²) >= 11 is 0. The molecule has 84 valence electrons. The quantitative estimate of drug-likeness (QED) is 0.583. The van der Waals surface area contributed by atoms with E-state index >= 15 is 0 Å². The summed E-state index contributed by atoms with van der Waals surface area (Å²) in [4.78, 5) is 0. The van der Waals surface area contributed by atoms with Gasteiger partial charge in [0.05, 0.1) is 0 Å². The second-order valence-electron chi connectivity index (χ2n) is 2.95. The zero-order valence-electron chi connectivity index (χ0n) is 9.67. The van der Waals surface area contributed by atoms with E-state index in [-0.39, 0.29) is 7.43 Å². The zero-order chi connectivity index (χ0) is 11.0. The van der Waals surface area contributed by atoms with E-state index in [2.05, 4.69) is 44.7 Å². The molecule has 0 aliphatic rings. The Labute approximate surface area is 95.3 Å². The van der Waals surface area contributed by atoms with Crippen LogP contribution in [0.5, 0.6) is 0 Å². The fourth-order valence-electron chi connectivity index (χ4n) is 1.11. The highest BCUT2D eigenvalue weighted by molar-refractivity contribution is 5.55. The van der Waals surface area contributed by atoms with E-state index in [1.165, 1.54) is 16.7 Å². The third-order valence-corrected chi connectivity index (χ3v) is 1.85. The van der Waals surface area contributed by atoms with Gasteiger partial charge in [-0.1, -0.05) is 69.8 Å². The first-order valence-electron chi connectivity index (χ1n) is 5.10. The van der Waals surface area contributed by atoms with Crippen molar-refractivity contribution in [2.75, 3.05) is 0 Å². The predicted octanol–water partition coefficient (Wildman–Crippen LogP) is 5.16. The molecule has 0 saturated heterocycles. The average molecular weight is 204 g/mol. The average Bonchev–Trinajstić information content (AvgIpc) is 2.22. The summed E-state index contributed by atoms with van der Waals surface area (Å²) in [5.74, 6) is 0. The van der Waals surface area contributed by atoms with Crippen molar-refractivity contribution in [2.45, 2.75) is 35.1 Å². The van der Waals surface area contributed by atoms with Gasteiger partial charge in [0.1, 0.15) is 0 Å². The molecular weight excluding hydrogens is 180 g/mol. The standard InChI is InChI=1S/C12H14.C2H6.CH4/c1-4-5-6-12-9-10(2)7-8-11(12)3;1-2;/h4-9H,1H2,2-3H3;1-2H3;1H4/b6-5-;;. The van der Waals surface area contributed by atoms with Gasteiger partial charge in [0.25, 0.3) is 0 Å². The van der Waals surface area contributed by atoms with Crippen molar-refractivity contribution in [3.63, 3.8) is 0 Å². The topological polar surface area (TPSA) is 0 Å². The molecule has 15 heavy (non-hydrogen) atoms. The monoisotopic (exact) mass is 204 g/mol. The smallest absolute Gasteiger partial charge is 0.0225 e. The summed E-state index contributed by atoms with van der Waals surface area (Å²) < 4.78 is 0. The van der Waals surface area contributed by atoms with Crippen molar-refractivity contribution in [3.05, 3.63) is 53.6 Å². The van der Waals surface area contributed by atoms with Gasteiger partial charge in [-0.15, -0.1) is 0 Å². The summed E-state index contributed by atoms with van der Waals surface area (Å²) in [6, 6.07) is 6.44. The van der Waals surface area contributed by atoms with Crippen LogP contribution >= 0.6 is 0 Å². The summed E-state index contributed by atoms with van der Waals surface area (Å²) in [6.45, 7) is 11.9. The zero-order valence-corrected chi connectivity index (χ0v) is 9.67. The van der Waals surface area contributed by atoms with Crippen molar-refractivity contribution >= 4 is 6.08 Å². The second-order valence-corrected chi connectivity index (χ2v) is 2.95. The summed E-state index contributed by atoms with van der Waals surface area (Å²) in [7, 11) is 0. The van der Waals surface area contributed by atoms with Crippen molar-refractivity contribution in [3.8, 4) is 0 Å². The minimum Gasteiger partial charge on any atom is -0.0991 e. The lowest BCUT2D eigenvalue weighted by atomic mass is 10.1. The molecule has 0 nitrogen and oxygen atoms in total. The Bertz CT molecular complexity index is 306. The number of benzene rings is 1. The van der Waals surface area contributed by atoms with Crippen LogP contribution in [0.2, 0.25) is 0 Å². The van der Waals surface area contributed by atoms with Crippen molar-refractivity contribution in [2.24, 2.45) is 0 Å². The van der Waals surface area contributed by atoms with Crippen LogP contribution < -0.4 is 0 Å². The van der Waals surface area contributed by atoms with Crippen molar-refractivity contribution in [1.82, 2.24) is 0 Å². The molecule has 0 N–H and O–H groups in total. The molecule has 0 unspecified atom stereocenters. The van der Waals surface area contributed by atoms with Crippen LogP contribution in [0.25, 0.3) is 6.08 Å². The first kappa shape index (κ1) is 16.1. The minimum absolute atomic E-state index is 0. The van der Waals surface area contributed by atoms with Gasteiger partial charge in [0.15, 0.2) is 0 Å². The highest BCUT2D eigenvalue weighted by Crippen LogP contribution is 2.11. The second kappa shape index (κ2) is 9.26. The minimum atomic E-state index is 0. The van der Waals surface area contributed by atoms with Crippen LogP contribution in [0.4, 0.5) is 0 Å². The maximum absolute atomic E-state index is 3.64. The van der Waals surface area contributed by atoms with Crippen molar-refractivity contribution in [1.29, 1.82) is 0 Å². The molecule has 0 amide bonds. The third kappa shape index (κ3) is 5.90. The molecule has 0 aliphatic heterocycles. The van der Waals surface area contributed by atoms with Crippen LogP contribution in [-0.4, -0.2) is 0 Å². The van der Waals surface area contributed by atoms with E-state index in [0.29, 0.717) is 0 Å². The first-order chi connectivity index (χ1) is 6.74. The molecule has 0 bridgehead atoms. The van der Waals surface area contributed by atoms with E-state index in [1.807, 2.05) is 19.9 Å². The maximum atomic E-state index is 3.64. The Balaban J connectivity index is 0. The molecule has 1 aromatic rings. The molecule has 0 heteroatoms. The van der Waals surface area contributed by atoms with Crippen LogP contribution in [-0.2, 0) is 0 Å². The summed E-state index contributed by atoms with van der Waals surface area (Å²) in [5, 5.41) is 0. The number of aryl methyl sites for hydroxylation is 2. The van der Waals surface area contributed by atoms with Crippen molar-refractivity contribution < 1.29 is 0 Å². The van der Waals surface area contributed by atoms with E-state index in [4.69, 9.17) is 0 Å². The van der Waals surface area contributed by atoms with E-state index in [0.717, 1.165) is 0 Å². The third-order valence-electron chi connectivity index (χ3n) is 1.85. The predicted molar refractivity (Wildman–Crippen MR) is 73.2 cm³/mol. The molecule has 0 spiro atoms. The first-order valence-corrected chi connectivity index (χ1v) is 5.10. The van der Waals surface area contributed by atoms with E-state index < -0.39 is 0 Å². The highest BCUT2D eigenvalue weighted by Gasteiger charge is 1.92. The van der Waals surface area contributed by atoms with Gasteiger partial charge >= 0.3 is 0 Å². The van der Waals surface area contributed by atoms with E-state index in [9.17, 15) is 0 Å². The summed E-state index contributed by atoms with van der Waals surface area (Å²) in [5.41, 5.74) is 3.87. The van der Waals surface area contributed by atoms with Gasteiger partial charge in [-0.2, -0.15) is 0 Å². The molecule has 1 aromatic carbocycles. The molecular formula is C15H24. The molecule has 0 saturated carbocycles. The van der Waals surface area contributed by atoms with E-state index in [1.54, 1.807) is 6.08 Å². The number of allylic oxidation sites excluding steroid dienone is 2. The van der Waals surface area contributed by atoms with Gasteiger partial charge in [0.2, 0.25) is 0 Å². The number of rotatable bonds is 2. The summed E-state index contributed by atoms with van der Waals surface area (Å²) in [6.07, 6.45) is 5.83. The lowest BCUT2D eigenvalue weighted by Crippen LogP contribution is -1.81. The number of hydrogen-bond donors (Lipinski definition) is 0. The molecule has 0 fully saturated rings. The van der Waals surface area contributed by atoms with Gasteiger partial charge in [-0.3, -0.25) is 0 Å². The lowest BCUT2D eigenvalue weighted by molar-refractivity contribution is 1.38. The number of hydrogen-bond acceptors (Lipinski definition) is 0. The largest absolute Gasteiger partial charge is 0.0991 e. The fraction of sp³-hybridized carbons (Fsp3) is 0.333. The Morgan fingerprint density at radius 2 is 1.73 bits per heavy atom. The Morgan fingerprint density at radius 1 is 1.13 bits per heavy atom.